The van der Waals surface area contributed by atoms with Gasteiger partial charge in [-0.25, -0.2) is 4.39 Å². The van der Waals surface area contributed by atoms with Crippen LogP contribution >= 0.6 is 0 Å². The lowest BCUT2D eigenvalue weighted by atomic mass is 10.00. The number of halogens is 1. The third-order valence-corrected chi connectivity index (χ3v) is 5.33. The number of anilines is 1. The van der Waals surface area contributed by atoms with E-state index in [1.807, 2.05) is 19.1 Å². The van der Waals surface area contributed by atoms with Crippen LogP contribution in [0.5, 0.6) is 0 Å². The molecule has 0 unspecified atom stereocenters. The molecule has 2 aromatic carbocycles. The lowest BCUT2D eigenvalue weighted by Crippen LogP contribution is -2.30. The van der Waals surface area contributed by atoms with Crippen molar-refractivity contribution in [3.8, 4) is 11.3 Å². The van der Waals surface area contributed by atoms with Crippen LogP contribution in [0.15, 0.2) is 75.9 Å². The largest absolute Gasteiger partial charge is 0.456 e. The van der Waals surface area contributed by atoms with E-state index in [4.69, 9.17) is 8.94 Å². The van der Waals surface area contributed by atoms with Crippen LogP contribution in [0.3, 0.4) is 0 Å². The Morgan fingerprint density at radius 3 is 2.46 bits per heavy atom. The minimum absolute atomic E-state index is 0.280. The van der Waals surface area contributed by atoms with Gasteiger partial charge in [-0.1, -0.05) is 29.9 Å². The monoisotopic (exact) mass is 471 g/mol. The Hall–Kier alpha value is -4.72. The molecule has 0 atom stereocenters. The average molecular weight is 471 g/mol. The summed E-state index contributed by atoms with van der Waals surface area (Å²) in [6.07, 6.45) is 4.99. The van der Waals surface area contributed by atoms with Crippen LogP contribution in [0, 0.1) is 5.82 Å². The van der Waals surface area contributed by atoms with Crippen molar-refractivity contribution in [2.24, 2.45) is 0 Å². The van der Waals surface area contributed by atoms with Gasteiger partial charge in [0, 0.05) is 29.5 Å². The van der Waals surface area contributed by atoms with E-state index in [9.17, 15) is 14.0 Å². The molecule has 176 valence electrons. The van der Waals surface area contributed by atoms with Crippen molar-refractivity contribution < 1.29 is 22.9 Å². The van der Waals surface area contributed by atoms with E-state index in [2.05, 4.69) is 22.4 Å². The second-order valence-corrected chi connectivity index (χ2v) is 7.54. The molecule has 0 aliphatic rings. The van der Waals surface area contributed by atoms with Crippen molar-refractivity contribution in [1.82, 2.24) is 10.5 Å². The molecule has 0 aliphatic heterocycles. The SMILES string of the molecule is C=c1oc(-c2ccc(F)cc2)c(C(=O)NC)/c1=C/C(=C\C)c1cccc(C(=O)Nc2ccon2)c1. The zero-order chi connectivity index (χ0) is 24.9. The third kappa shape index (κ3) is 4.96. The summed E-state index contributed by atoms with van der Waals surface area (Å²) in [5, 5.41) is 9.45. The number of hydrogen-bond acceptors (Lipinski definition) is 5. The highest BCUT2D eigenvalue weighted by atomic mass is 19.1. The van der Waals surface area contributed by atoms with Gasteiger partial charge in [0.2, 0.25) is 0 Å². The normalized spacial score (nSPS) is 12.0. The average Bonchev–Trinajstić information content (AvgIpc) is 3.50. The van der Waals surface area contributed by atoms with Gasteiger partial charge in [0.15, 0.2) is 5.82 Å². The summed E-state index contributed by atoms with van der Waals surface area (Å²) in [5.41, 5.74) is 3.00. The molecule has 2 heterocycles. The highest BCUT2D eigenvalue weighted by molar-refractivity contribution is 6.05. The van der Waals surface area contributed by atoms with Gasteiger partial charge in [-0.05, 0) is 60.5 Å². The second kappa shape index (κ2) is 10.0. The van der Waals surface area contributed by atoms with Crippen LogP contribution in [-0.4, -0.2) is 24.0 Å². The number of nitrogens with zero attached hydrogens (tertiary/aromatic N) is 1. The fourth-order valence-electron chi connectivity index (χ4n) is 3.59. The molecular formula is C27H22FN3O4. The van der Waals surface area contributed by atoms with E-state index in [1.165, 1.54) is 37.6 Å². The van der Waals surface area contributed by atoms with Gasteiger partial charge < -0.3 is 19.6 Å². The number of hydrogen-bond donors (Lipinski definition) is 2. The molecule has 2 amide bonds. The van der Waals surface area contributed by atoms with E-state index in [0.717, 1.165) is 11.1 Å². The number of furan rings is 1. The maximum atomic E-state index is 13.4. The zero-order valence-corrected chi connectivity index (χ0v) is 19.1. The van der Waals surface area contributed by atoms with Gasteiger partial charge in [0.05, 0.1) is 5.56 Å². The first-order valence-electron chi connectivity index (χ1n) is 10.7. The molecule has 0 saturated carbocycles. The number of amides is 2. The number of rotatable bonds is 6. The molecule has 2 N–H and O–H groups in total. The molecule has 0 aliphatic carbocycles. The van der Waals surface area contributed by atoms with Crippen LogP contribution in [0.25, 0.3) is 29.6 Å². The smallest absolute Gasteiger partial charge is 0.256 e. The van der Waals surface area contributed by atoms with Crippen LogP contribution < -0.4 is 21.3 Å². The van der Waals surface area contributed by atoms with E-state index < -0.39 is 5.82 Å². The number of carbonyl (C=O) groups excluding carboxylic acids is 2. The molecule has 7 nitrogen and oxygen atoms in total. The fourth-order valence-corrected chi connectivity index (χ4v) is 3.59. The maximum Gasteiger partial charge on any atom is 0.256 e. The predicted molar refractivity (Wildman–Crippen MR) is 131 cm³/mol. The fraction of sp³-hybridized carbons (Fsp3) is 0.0741. The summed E-state index contributed by atoms with van der Waals surface area (Å²) in [5.74, 6) is -0.516. The van der Waals surface area contributed by atoms with Crippen molar-refractivity contribution in [3.05, 3.63) is 100 Å². The molecule has 0 spiro atoms. The van der Waals surface area contributed by atoms with Gasteiger partial charge in [0.25, 0.3) is 11.8 Å². The van der Waals surface area contributed by atoms with Crippen molar-refractivity contribution in [1.29, 1.82) is 0 Å². The predicted octanol–water partition coefficient (Wildman–Crippen LogP) is 3.98. The van der Waals surface area contributed by atoms with Crippen LogP contribution in [-0.2, 0) is 0 Å². The molecule has 8 heteroatoms. The summed E-state index contributed by atoms with van der Waals surface area (Å²) in [7, 11) is 1.52. The number of allylic oxidation sites excluding steroid dienone is 2. The van der Waals surface area contributed by atoms with E-state index in [-0.39, 0.29) is 28.6 Å². The molecule has 0 saturated heterocycles. The van der Waals surface area contributed by atoms with Crippen molar-refractivity contribution in [2.75, 3.05) is 12.4 Å². The lowest BCUT2D eigenvalue weighted by molar-refractivity contribution is 0.0961. The van der Waals surface area contributed by atoms with E-state index >= 15 is 0 Å². The summed E-state index contributed by atoms with van der Waals surface area (Å²) in [6.45, 7) is 5.82. The van der Waals surface area contributed by atoms with Gasteiger partial charge in [-0.15, -0.1) is 0 Å². The quantitative estimate of drug-likeness (QED) is 0.443. The number of aromatic nitrogens is 1. The number of nitrogens with one attached hydrogen (secondary N) is 2. The summed E-state index contributed by atoms with van der Waals surface area (Å²) in [4.78, 5) is 25.5. The van der Waals surface area contributed by atoms with Crippen molar-refractivity contribution >= 4 is 35.9 Å². The molecule has 2 aromatic heterocycles. The van der Waals surface area contributed by atoms with Crippen LogP contribution in [0.2, 0.25) is 0 Å². The van der Waals surface area contributed by atoms with Gasteiger partial charge >= 0.3 is 0 Å². The highest BCUT2D eigenvalue weighted by Crippen LogP contribution is 2.23. The Balaban J connectivity index is 1.78. The van der Waals surface area contributed by atoms with E-state index in [0.29, 0.717) is 22.2 Å². The Bertz CT molecular complexity index is 1520. The molecule has 0 radical (unpaired) electrons. The number of carbonyl (C=O) groups is 2. The van der Waals surface area contributed by atoms with Crippen LogP contribution in [0.4, 0.5) is 10.2 Å². The standard InChI is InChI=1S/C27H22FN3O4/c1-4-17(19-6-5-7-20(14-19)26(32)30-23-12-13-34-31-23)15-22-16(2)35-25(24(22)27(33)29-3)18-8-10-21(28)11-9-18/h4-15H,2H2,1,3H3,(H,29,33)(H,30,31,32)/b17-4+,22-15+. The van der Waals surface area contributed by atoms with Crippen molar-refractivity contribution in [3.63, 3.8) is 0 Å². The zero-order valence-electron chi connectivity index (χ0n) is 19.1. The minimum Gasteiger partial charge on any atom is -0.456 e. The van der Waals surface area contributed by atoms with Gasteiger partial charge in [0.1, 0.15) is 23.3 Å². The molecule has 0 bridgehead atoms. The molecule has 35 heavy (non-hydrogen) atoms. The van der Waals surface area contributed by atoms with Gasteiger partial charge in [-0.3, -0.25) is 9.59 Å². The molecule has 0 fully saturated rings. The van der Waals surface area contributed by atoms with Crippen molar-refractivity contribution in [2.45, 2.75) is 6.92 Å². The first-order chi connectivity index (χ1) is 16.9. The Morgan fingerprint density at radius 1 is 1.06 bits per heavy atom. The summed E-state index contributed by atoms with van der Waals surface area (Å²) >= 11 is 0. The van der Waals surface area contributed by atoms with Gasteiger partial charge in [-0.2, -0.15) is 0 Å². The maximum absolute atomic E-state index is 13.4. The first-order valence-corrected chi connectivity index (χ1v) is 10.7. The third-order valence-electron chi connectivity index (χ3n) is 5.33. The van der Waals surface area contributed by atoms with E-state index in [1.54, 1.807) is 30.3 Å². The highest BCUT2D eigenvalue weighted by Gasteiger charge is 2.20. The first kappa shape index (κ1) is 23.4. The Morgan fingerprint density at radius 2 is 1.80 bits per heavy atom. The molecule has 4 rings (SSSR count). The topological polar surface area (TPSA) is 97.4 Å². The minimum atomic E-state index is -0.396. The Labute approximate surface area is 200 Å². The Kier molecular flexibility index (Phi) is 6.73. The number of benzene rings is 2. The molecular weight excluding hydrogens is 449 g/mol. The van der Waals surface area contributed by atoms with Crippen LogP contribution in [0.1, 0.15) is 33.2 Å². The molecule has 4 aromatic rings. The second-order valence-electron chi connectivity index (χ2n) is 7.54. The summed E-state index contributed by atoms with van der Waals surface area (Å²) in [6, 6.07) is 14.2. The lowest BCUT2D eigenvalue weighted by Gasteiger charge is -2.07. The summed E-state index contributed by atoms with van der Waals surface area (Å²) < 4.78 is 24.0.